The van der Waals surface area contributed by atoms with E-state index in [1.165, 1.54) is 6.07 Å². The van der Waals surface area contributed by atoms with Gasteiger partial charge in [0.1, 0.15) is 5.82 Å². The zero-order valence-electron chi connectivity index (χ0n) is 6.32. The van der Waals surface area contributed by atoms with Gasteiger partial charge in [0, 0.05) is 0 Å². The van der Waals surface area contributed by atoms with Gasteiger partial charge in [-0.15, -0.1) is 0 Å². The van der Waals surface area contributed by atoms with Crippen LogP contribution in [-0.4, -0.2) is 16.2 Å². The highest BCUT2D eigenvalue weighted by atomic mass is 32.1. The van der Waals surface area contributed by atoms with E-state index in [1.807, 2.05) is 0 Å². The highest BCUT2D eigenvalue weighted by Gasteiger charge is 2.09. The second-order valence-electron chi connectivity index (χ2n) is 2.17. The summed E-state index contributed by atoms with van der Waals surface area (Å²) in [5.41, 5.74) is -0.152. The van der Waals surface area contributed by atoms with Gasteiger partial charge in [0.2, 0.25) is 0 Å². The van der Waals surface area contributed by atoms with E-state index in [4.69, 9.17) is 5.11 Å². The van der Waals surface area contributed by atoms with Crippen LogP contribution < -0.4 is 0 Å². The fourth-order valence-electron chi connectivity index (χ4n) is 0.799. The Kier molecular flexibility index (Phi) is 2.84. The highest BCUT2D eigenvalue weighted by molar-refractivity contribution is 7.78. The van der Waals surface area contributed by atoms with Gasteiger partial charge in [0.25, 0.3) is 0 Å². The second kappa shape index (κ2) is 3.89. The summed E-state index contributed by atoms with van der Waals surface area (Å²) in [6.45, 7) is 0. The van der Waals surface area contributed by atoms with Gasteiger partial charge in [-0.25, -0.2) is 9.18 Å². The zero-order valence-corrected chi connectivity index (χ0v) is 7.14. The molecule has 0 aromatic heterocycles. The molecular formula is C8H4FNO2S. The molecule has 0 aliphatic rings. The molecule has 0 saturated carbocycles. The summed E-state index contributed by atoms with van der Waals surface area (Å²) in [5.74, 6) is -2.13. The van der Waals surface area contributed by atoms with Crippen molar-refractivity contribution in [3.63, 3.8) is 0 Å². The van der Waals surface area contributed by atoms with Gasteiger partial charge in [-0.3, -0.25) is 0 Å². The molecule has 1 N–H and O–H groups in total. The molecule has 0 bridgehead atoms. The molecule has 0 unspecified atom stereocenters. The minimum atomic E-state index is -1.33. The summed E-state index contributed by atoms with van der Waals surface area (Å²) in [7, 11) is 0. The first-order chi connectivity index (χ1) is 6.15. The molecular weight excluding hydrogens is 193 g/mol. The molecule has 0 spiro atoms. The summed E-state index contributed by atoms with van der Waals surface area (Å²) in [6, 6.07) is 3.44. The average molecular weight is 197 g/mol. The molecule has 0 saturated heterocycles. The number of carboxylic acid groups (broad SMARTS) is 1. The highest BCUT2D eigenvalue weighted by Crippen LogP contribution is 2.16. The summed E-state index contributed by atoms with van der Waals surface area (Å²) in [4.78, 5) is 14.0. The predicted octanol–water partition coefficient (Wildman–Crippen LogP) is 2.26. The molecule has 66 valence electrons. The van der Waals surface area contributed by atoms with E-state index in [9.17, 15) is 9.18 Å². The standard InChI is InChI=1S/C8H4FNO2S/c9-7-2-1-5(10-4-13)3-6(7)8(11)12/h1-3H,(H,11,12). The van der Waals surface area contributed by atoms with Crippen LogP contribution in [0.3, 0.4) is 0 Å². The van der Waals surface area contributed by atoms with E-state index < -0.39 is 17.3 Å². The van der Waals surface area contributed by atoms with Gasteiger partial charge in [-0.1, -0.05) is 0 Å². The largest absolute Gasteiger partial charge is 0.478 e. The zero-order chi connectivity index (χ0) is 9.84. The third kappa shape index (κ3) is 2.18. The first kappa shape index (κ1) is 9.51. The maximum Gasteiger partial charge on any atom is 0.338 e. The quantitative estimate of drug-likeness (QED) is 0.584. The fraction of sp³-hybridized carbons (Fsp3) is 0. The number of benzene rings is 1. The minimum absolute atomic E-state index is 0.272. The van der Waals surface area contributed by atoms with Gasteiger partial charge in [-0.2, -0.15) is 4.99 Å². The molecule has 0 heterocycles. The third-order valence-corrected chi connectivity index (χ3v) is 1.45. The molecule has 0 radical (unpaired) electrons. The number of carbonyl (C=O) groups is 1. The molecule has 0 atom stereocenters. The summed E-state index contributed by atoms with van der Waals surface area (Å²) in [6.07, 6.45) is 0. The number of nitrogens with zero attached hydrogens (tertiary/aromatic N) is 1. The normalized spacial score (nSPS) is 9.00. The van der Waals surface area contributed by atoms with Crippen molar-refractivity contribution in [3.05, 3.63) is 29.6 Å². The van der Waals surface area contributed by atoms with E-state index in [-0.39, 0.29) is 5.69 Å². The predicted molar refractivity (Wildman–Crippen MR) is 48.0 cm³/mol. The molecule has 0 amide bonds. The molecule has 3 nitrogen and oxygen atoms in total. The van der Waals surface area contributed by atoms with E-state index >= 15 is 0 Å². The number of hydrogen-bond donors (Lipinski definition) is 1. The number of isothiocyanates is 1. The maximum atomic E-state index is 12.8. The van der Waals surface area contributed by atoms with Crippen LogP contribution in [0.25, 0.3) is 0 Å². The number of thiocarbonyl (C=S) groups is 1. The lowest BCUT2D eigenvalue weighted by Gasteiger charge is -1.97. The summed E-state index contributed by atoms with van der Waals surface area (Å²) in [5, 5.41) is 10.6. The number of hydrogen-bond acceptors (Lipinski definition) is 3. The number of halogens is 1. The Bertz CT molecular complexity index is 399. The first-order valence-corrected chi connectivity index (χ1v) is 3.66. The van der Waals surface area contributed by atoms with Crippen LogP contribution in [0.2, 0.25) is 0 Å². The van der Waals surface area contributed by atoms with E-state index in [1.54, 1.807) is 0 Å². The van der Waals surface area contributed by atoms with Gasteiger partial charge >= 0.3 is 5.97 Å². The number of rotatable bonds is 2. The van der Waals surface area contributed by atoms with Crippen LogP contribution in [0.15, 0.2) is 23.2 Å². The van der Waals surface area contributed by atoms with E-state index in [2.05, 4.69) is 22.4 Å². The van der Waals surface area contributed by atoms with Crippen molar-refractivity contribution in [1.29, 1.82) is 0 Å². The number of aromatic carboxylic acids is 1. The minimum Gasteiger partial charge on any atom is -0.478 e. The van der Waals surface area contributed by atoms with Crippen LogP contribution in [0.4, 0.5) is 10.1 Å². The van der Waals surface area contributed by atoms with Gasteiger partial charge in [0.05, 0.1) is 16.4 Å². The second-order valence-corrected chi connectivity index (χ2v) is 2.35. The van der Waals surface area contributed by atoms with Gasteiger partial charge < -0.3 is 5.11 Å². The van der Waals surface area contributed by atoms with Crippen molar-refractivity contribution in [1.82, 2.24) is 0 Å². The Morgan fingerprint density at radius 2 is 2.31 bits per heavy atom. The van der Waals surface area contributed by atoms with Crippen molar-refractivity contribution < 1.29 is 14.3 Å². The van der Waals surface area contributed by atoms with Crippen LogP contribution in [0.5, 0.6) is 0 Å². The summed E-state index contributed by atoms with van der Waals surface area (Å²) >= 11 is 4.32. The smallest absolute Gasteiger partial charge is 0.338 e. The van der Waals surface area contributed by atoms with Crippen LogP contribution in [0, 0.1) is 5.82 Å². The van der Waals surface area contributed by atoms with Gasteiger partial charge in [0.15, 0.2) is 0 Å². The van der Waals surface area contributed by atoms with E-state index in [0.29, 0.717) is 0 Å². The van der Waals surface area contributed by atoms with Crippen LogP contribution in [-0.2, 0) is 0 Å². The monoisotopic (exact) mass is 197 g/mol. The Morgan fingerprint density at radius 3 is 2.85 bits per heavy atom. The Hall–Kier alpha value is -1.58. The van der Waals surface area contributed by atoms with Gasteiger partial charge in [-0.05, 0) is 30.4 Å². The maximum absolute atomic E-state index is 12.8. The molecule has 0 aliphatic heterocycles. The Balaban J connectivity index is 3.26. The lowest BCUT2D eigenvalue weighted by molar-refractivity contribution is 0.0692. The molecule has 5 heteroatoms. The van der Waals surface area contributed by atoms with Crippen molar-refractivity contribution in [3.8, 4) is 0 Å². The molecule has 1 aromatic rings. The number of carboxylic acids is 1. The van der Waals surface area contributed by atoms with Crippen molar-refractivity contribution in [2.75, 3.05) is 0 Å². The Labute approximate surface area is 78.5 Å². The van der Waals surface area contributed by atoms with Crippen molar-refractivity contribution in [2.45, 2.75) is 0 Å². The molecule has 0 fully saturated rings. The molecule has 0 aliphatic carbocycles. The lowest BCUT2D eigenvalue weighted by atomic mass is 10.2. The average Bonchev–Trinajstić information content (AvgIpc) is 2.08. The molecule has 1 rings (SSSR count). The lowest BCUT2D eigenvalue weighted by Crippen LogP contribution is -1.99. The SMILES string of the molecule is O=C(O)c1cc(N=C=S)ccc1F. The first-order valence-electron chi connectivity index (χ1n) is 3.26. The summed E-state index contributed by atoms with van der Waals surface area (Å²) < 4.78 is 12.8. The number of aliphatic imine (C=N–C) groups is 1. The van der Waals surface area contributed by atoms with E-state index in [0.717, 1.165) is 12.1 Å². The van der Waals surface area contributed by atoms with Crippen LogP contribution in [0.1, 0.15) is 10.4 Å². The van der Waals surface area contributed by atoms with Crippen molar-refractivity contribution in [2.24, 2.45) is 4.99 Å². The molecule has 13 heavy (non-hydrogen) atoms. The Morgan fingerprint density at radius 1 is 1.62 bits per heavy atom. The molecule has 1 aromatic carbocycles. The van der Waals surface area contributed by atoms with Crippen LogP contribution >= 0.6 is 12.2 Å². The fourth-order valence-corrected chi connectivity index (χ4v) is 0.905. The van der Waals surface area contributed by atoms with Crippen molar-refractivity contribution >= 4 is 29.0 Å². The topological polar surface area (TPSA) is 49.7 Å². The third-order valence-electron chi connectivity index (χ3n) is 1.36.